The van der Waals surface area contributed by atoms with Crippen LogP contribution in [0.25, 0.3) is 10.8 Å². The van der Waals surface area contributed by atoms with Gasteiger partial charge in [-0.25, -0.2) is 8.42 Å². The number of carbonyl (C=O) groups excluding carboxylic acids is 1. The molecule has 3 aromatic carbocycles. The highest BCUT2D eigenvalue weighted by molar-refractivity contribution is 7.89. The average molecular weight is 549 g/mol. The van der Waals surface area contributed by atoms with Gasteiger partial charge in [0.05, 0.1) is 17.5 Å². The first-order valence-electron chi connectivity index (χ1n) is 13.0. The van der Waals surface area contributed by atoms with E-state index < -0.39 is 10.0 Å². The third-order valence-corrected chi connectivity index (χ3v) is 9.88. The smallest absolute Gasteiger partial charge is 0.244 e. The van der Waals surface area contributed by atoms with Crippen LogP contribution in [-0.2, 0) is 26.0 Å². The molecule has 0 aliphatic carbocycles. The molecule has 0 spiro atoms. The molecule has 38 heavy (non-hydrogen) atoms. The number of ether oxygens (including phenoxy) is 1. The second-order valence-electron chi connectivity index (χ2n) is 9.32. The Morgan fingerprint density at radius 1 is 1.03 bits per heavy atom. The lowest BCUT2D eigenvalue weighted by molar-refractivity contribution is -0.133. The lowest BCUT2D eigenvalue weighted by atomic mass is 9.93. The third-order valence-electron chi connectivity index (χ3n) is 6.98. The molecule has 0 unspecified atom stereocenters. The SMILES string of the molecule is CCOCCCN(CC(=O)N1CCc2sccc2[C@@H]1c1ccccc1)S(=O)(=O)c1cccc2ccccc12. The van der Waals surface area contributed by atoms with Crippen LogP contribution in [-0.4, -0.2) is 56.4 Å². The zero-order chi connectivity index (χ0) is 26.5. The third kappa shape index (κ3) is 5.40. The first kappa shape index (κ1) is 26.6. The van der Waals surface area contributed by atoms with E-state index in [1.807, 2.05) is 72.5 Å². The molecule has 1 aromatic heterocycles. The van der Waals surface area contributed by atoms with Crippen molar-refractivity contribution < 1.29 is 17.9 Å². The molecule has 1 amide bonds. The molecular weight excluding hydrogens is 516 g/mol. The number of sulfonamides is 1. The van der Waals surface area contributed by atoms with Gasteiger partial charge >= 0.3 is 0 Å². The summed E-state index contributed by atoms with van der Waals surface area (Å²) < 4.78 is 34.9. The van der Waals surface area contributed by atoms with Crippen LogP contribution in [0.3, 0.4) is 0 Å². The van der Waals surface area contributed by atoms with Crippen molar-refractivity contribution in [2.24, 2.45) is 0 Å². The van der Waals surface area contributed by atoms with Crippen molar-refractivity contribution in [1.82, 2.24) is 9.21 Å². The Balaban J connectivity index is 1.48. The number of rotatable bonds is 10. The largest absolute Gasteiger partial charge is 0.382 e. The quantitative estimate of drug-likeness (QED) is 0.246. The summed E-state index contributed by atoms with van der Waals surface area (Å²) in [5.41, 5.74) is 2.15. The summed E-state index contributed by atoms with van der Waals surface area (Å²) in [6, 6.07) is 24.6. The highest BCUT2D eigenvalue weighted by atomic mass is 32.2. The molecule has 6 nitrogen and oxygen atoms in total. The molecule has 4 aromatic rings. The van der Waals surface area contributed by atoms with Crippen LogP contribution in [0.4, 0.5) is 0 Å². The average Bonchev–Trinajstić information content (AvgIpc) is 3.43. The molecular formula is C30H32N2O4S2. The van der Waals surface area contributed by atoms with Crippen LogP contribution in [0, 0.1) is 0 Å². The van der Waals surface area contributed by atoms with Crippen molar-refractivity contribution in [3.63, 3.8) is 0 Å². The molecule has 0 saturated heterocycles. The molecule has 5 rings (SSSR count). The predicted molar refractivity (Wildman–Crippen MR) is 152 cm³/mol. The number of fused-ring (bicyclic) bond motifs is 2. The zero-order valence-corrected chi connectivity index (χ0v) is 23.1. The molecule has 8 heteroatoms. The van der Waals surface area contributed by atoms with Crippen molar-refractivity contribution in [1.29, 1.82) is 0 Å². The summed E-state index contributed by atoms with van der Waals surface area (Å²) in [5, 5.41) is 3.57. The Kier molecular flexibility index (Phi) is 8.24. The lowest BCUT2D eigenvalue weighted by Gasteiger charge is -2.37. The Morgan fingerprint density at radius 2 is 1.79 bits per heavy atom. The monoisotopic (exact) mass is 548 g/mol. The summed E-state index contributed by atoms with van der Waals surface area (Å²) in [7, 11) is -3.95. The molecule has 0 N–H and O–H groups in total. The van der Waals surface area contributed by atoms with Crippen LogP contribution in [0.5, 0.6) is 0 Å². The van der Waals surface area contributed by atoms with Crippen molar-refractivity contribution in [3.05, 3.63) is 100 Å². The van der Waals surface area contributed by atoms with Crippen molar-refractivity contribution >= 4 is 38.0 Å². The number of carbonyl (C=O) groups is 1. The van der Waals surface area contributed by atoms with Gasteiger partial charge in [0.1, 0.15) is 0 Å². The van der Waals surface area contributed by atoms with E-state index in [4.69, 9.17) is 4.74 Å². The fraction of sp³-hybridized carbons (Fsp3) is 0.300. The maximum absolute atomic E-state index is 14.1. The number of amides is 1. The van der Waals surface area contributed by atoms with Gasteiger partial charge in [-0.2, -0.15) is 4.31 Å². The number of benzene rings is 3. The minimum absolute atomic E-state index is 0.198. The van der Waals surface area contributed by atoms with Crippen molar-refractivity contribution in [2.45, 2.75) is 30.7 Å². The van der Waals surface area contributed by atoms with Crippen LogP contribution in [0.15, 0.2) is 89.1 Å². The number of hydrogen-bond donors (Lipinski definition) is 0. The van der Waals surface area contributed by atoms with Crippen molar-refractivity contribution in [3.8, 4) is 0 Å². The minimum atomic E-state index is -3.95. The highest BCUT2D eigenvalue weighted by Gasteiger charge is 2.35. The first-order chi connectivity index (χ1) is 18.5. The minimum Gasteiger partial charge on any atom is -0.382 e. The summed E-state index contributed by atoms with van der Waals surface area (Å²) in [6.07, 6.45) is 1.27. The van der Waals surface area contributed by atoms with Gasteiger partial charge in [0.2, 0.25) is 15.9 Å². The normalized spacial score (nSPS) is 15.6. The van der Waals surface area contributed by atoms with Gasteiger partial charge in [0.25, 0.3) is 0 Å². The molecule has 0 saturated carbocycles. The second-order valence-corrected chi connectivity index (χ2v) is 12.2. The second kappa shape index (κ2) is 11.8. The van der Waals surface area contributed by atoms with E-state index in [9.17, 15) is 13.2 Å². The molecule has 198 valence electrons. The van der Waals surface area contributed by atoms with Gasteiger partial charge < -0.3 is 9.64 Å². The zero-order valence-electron chi connectivity index (χ0n) is 21.5. The van der Waals surface area contributed by atoms with E-state index in [1.54, 1.807) is 23.5 Å². The van der Waals surface area contributed by atoms with E-state index in [0.29, 0.717) is 31.6 Å². The first-order valence-corrected chi connectivity index (χ1v) is 15.3. The van der Waals surface area contributed by atoms with E-state index in [2.05, 4.69) is 11.4 Å². The van der Waals surface area contributed by atoms with Gasteiger partial charge in [0, 0.05) is 36.6 Å². The molecule has 1 atom stereocenters. The van der Waals surface area contributed by atoms with Gasteiger partial charge in [-0.3, -0.25) is 4.79 Å². The maximum Gasteiger partial charge on any atom is 0.244 e. The molecule has 0 fully saturated rings. The fourth-order valence-electron chi connectivity index (χ4n) is 5.15. The number of nitrogens with zero attached hydrogens (tertiary/aromatic N) is 2. The van der Waals surface area contributed by atoms with Gasteiger partial charge in [0.15, 0.2) is 0 Å². The van der Waals surface area contributed by atoms with Crippen LogP contribution < -0.4 is 0 Å². The predicted octanol–water partition coefficient (Wildman–Crippen LogP) is 5.49. The highest BCUT2D eigenvalue weighted by Crippen LogP contribution is 2.38. The summed E-state index contributed by atoms with van der Waals surface area (Å²) in [6.45, 7) is 3.43. The van der Waals surface area contributed by atoms with E-state index in [1.165, 1.54) is 9.18 Å². The Morgan fingerprint density at radius 3 is 2.61 bits per heavy atom. The summed E-state index contributed by atoms with van der Waals surface area (Å²) in [4.78, 5) is 17.3. The van der Waals surface area contributed by atoms with Crippen molar-refractivity contribution in [2.75, 3.05) is 32.8 Å². The van der Waals surface area contributed by atoms with Gasteiger partial charge in [-0.1, -0.05) is 66.7 Å². The van der Waals surface area contributed by atoms with Crippen LogP contribution in [0.2, 0.25) is 0 Å². The number of hydrogen-bond acceptors (Lipinski definition) is 5. The van der Waals surface area contributed by atoms with Crippen LogP contribution >= 0.6 is 11.3 Å². The Bertz CT molecular complexity index is 1500. The molecule has 1 aliphatic rings. The fourth-order valence-corrected chi connectivity index (χ4v) is 7.70. The molecule has 0 bridgehead atoms. The molecule has 1 aliphatic heterocycles. The standard InChI is InChI=1S/C30H32N2O4S2/c1-2-36-20-9-18-31(38(34,35)28-15-8-13-23-10-6-7-14-25(23)28)22-29(33)32-19-16-27-26(17-21-37-27)30(32)24-11-4-3-5-12-24/h3-8,10-15,17,21,30H,2,9,16,18-20,22H2,1H3/t30-/m0/s1. The molecule has 0 radical (unpaired) electrons. The van der Waals surface area contributed by atoms with Gasteiger partial charge in [-0.15, -0.1) is 11.3 Å². The van der Waals surface area contributed by atoms with E-state index >= 15 is 0 Å². The van der Waals surface area contributed by atoms with E-state index in [0.717, 1.165) is 22.9 Å². The van der Waals surface area contributed by atoms with Gasteiger partial charge in [-0.05, 0) is 53.8 Å². The Labute approximate surface area is 228 Å². The topological polar surface area (TPSA) is 66.9 Å². The Hall–Kier alpha value is -3.04. The van der Waals surface area contributed by atoms with E-state index in [-0.39, 0.29) is 29.9 Å². The summed E-state index contributed by atoms with van der Waals surface area (Å²) >= 11 is 1.71. The summed E-state index contributed by atoms with van der Waals surface area (Å²) in [5.74, 6) is -0.198. The maximum atomic E-state index is 14.1. The van der Waals surface area contributed by atoms with Crippen LogP contribution in [0.1, 0.15) is 35.4 Å². The number of thiophene rings is 1. The lowest BCUT2D eigenvalue weighted by Crippen LogP contribution is -2.47. The molecule has 2 heterocycles.